The summed E-state index contributed by atoms with van der Waals surface area (Å²) in [6, 6.07) is 7.61. The zero-order valence-corrected chi connectivity index (χ0v) is 19.1. The zero-order chi connectivity index (χ0) is 19.9. The SMILES string of the molecule is CCNC(=NCc1cc(C(=O)OC)c(C)o1)NCCc1ccc2c(c1)OCO2.I. The molecule has 3 rings (SSSR count). The molecule has 0 radical (unpaired) electrons. The quantitative estimate of drug-likeness (QED) is 0.254. The van der Waals surface area contributed by atoms with Gasteiger partial charge in [0.15, 0.2) is 17.5 Å². The molecule has 0 saturated heterocycles. The van der Waals surface area contributed by atoms with Gasteiger partial charge in [0.05, 0.1) is 7.11 Å². The van der Waals surface area contributed by atoms with Gasteiger partial charge in [0, 0.05) is 13.1 Å². The first-order valence-electron chi connectivity index (χ1n) is 9.19. The van der Waals surface area contributed by atoms with Gasteiger partial charge < -0.3 is 29.3 Å². The standard InChI is InChI=1S/C20H25N3O5.HI/c1-4-21-20(23-11-15-10-16(13(2)28-15)19(24)25-3)22-8-7-14-5-6-17-18(9-14)27-12-26-17;/h5-6,9-10H,4,7-8,11-12H2,1-3H3,(H2,21,22,23);1H. The number of fused-ring (bicyclic) bond motifs is 1. The Hall–Kier alpha value is -2.43. The summed E-state index contributed by atoms with van der Waals surface area (Å²) in [6.07, 6.45) is 0.813. The van der Waals surface area contributed by atoms with Gasteiger partial charge in [-0.3, -0.25) is 0 Å². The zero-order valence-electron chi connectivity index (χ0n) is 16.7. The fourth-order valence-electron chi connectivity index (χ4n) is 2.85. The number of nitrogens with zero attached hydrogens (tertiary/aromatic N) is 1. The topological polar surface area (TPSA) is 94.3 Å². The molecule has 2 aromatic rings. The van der Waals surface area contributed by atoms with Crippen LogP contribution >= 0.6 is 24.0 Å². The second-order valence-corrected chi connectivity index (χ2v) is 6.23. The van der Waals surface area contributed by atoms with Gasteiger partial charge in [-0.2, -0.15) is 0 Å². The van der Waals surface area contributed by atoms with Crippen LogP contribution in [0.15, 0.2) is 33.7 Å². The second-order valence-electron chi connectivity index (χ2n) is 6.23. The van der Waals surface area contributed by atoms with Crippen molar-refractivity contribution in [2.45, 2.75) is 26.8 Å². The van der Waals surface area contributed by atoms with Crippen molar-refractivity contribution in [2.75, 3.05) is 27.0 Å². The fraction of sp³-hybridized carbons (Fsp3) is 0.400. The van der Waals surface area contributed by atoms with Gasteiger partial charge >= 0.3 is 5.97 Å². The van der Waals surface area contributed by atoms with E-state index in [4.69, 9.17) is 18.6 Å². The number of guanidine groups is 1. The van der Waals surface area contributed by atoms with Gasteiger partial charge in [-0.1, -0.05) is 6.07 Å². The minimum atomic E-state index is -0.412. The summed E-state index contributed by atoms with van der Waals surface area (Å²) in [4.78, 5) is 16.2. The van der Waals surface area contributed by atoms with E-state index < -0.39 is 5.97 Å². The first-order valence-corrected chi connectivity index (χ1v) is 9.19. The normalized spacial score (nSPS) is 12.3. The van der Waals surface area contributed by atoms with Crippen LogP contribution in [0.4, 0.5) is 0 Å². The van der Waals surface area contributed by atoms with Crippen LogP contribution in [0.25, 0.3) is 0 Å². The van der Waals surface area contributed by atoms with Crippen molar-refractivity contribution >= 4 is 35.9 Å². The Morgan fingerprint density at radius 3 is 2.76 bits per heavy atom. The van der Waals surface area contributed by atoms with Crippen LogP contribution in [0, 0.1) is 6.92 Å². The number of aryl methyl sites for hydroxylation is 1. The highest BCUT2D eigenvalue weighted by Gasteiger charge is 2.15. The first-order chi connectivity index (χ1) is 13.6. The van der Waals surface area contributed by atoms with Crippen molar-refractivity contribution in [3.8, 4) is 11.5 Å². The Balaban J connectivity index is 0.00000300. The van der Waals surface area contributed by atoms with E-state index in [1.807, 2.05) is 25.1 Å². The Morgan fingerprint density at radius 2 is 2.00 bits per heavy atom. The van der Waals surface area contributed by atoms with Crippen LogP contribution in [0.1, 0.15) is 34.4 Å². The molecule has 0 atom stereocenters. The maximum Gasteiger partial charge on any atom is 0.341 e. The van der Waals surface area contributed by atoms with Crippen molar-refractivity contribution < 1.29 is 23.4 Å². The molecule has 8 nitrogen and oxygen atoms in total. The molecule has 2 heterocycles. The summed E-state index contributed by atoms with van der Waals surface area (Å²) < 4.78 is 21.1. The van der Waals surface area contributed by atoms with Crippen molar-refractivity contribution in [3.63, 3.8) is 0 Å². The van der Waals surface area contributed by atoms with Gasteiger partial charge in [-0.15, -0.1) is 24.0 Å². The number of hydrogen-bond donors (Lipinski definition) is 2. The Kier molecular flexibility index (Phi) is 8.62. The molecule has 0 amide bonds. The number of methoxy groups -OCH3 is 1. The average Bonchev–Trinajstić information content (AvgIpc) is 3.31. The predicted octanol–water partition coefficient (Wildman–Crippen LogP) is 3.02. The first kappa shape index (κ1) is 22.9. The minimum Gasteiger partial charge on any atom is -0.465 e. The van der Waals surface area contributed by atoms with Gasteiger partial charge in [0.2, 0.25) is 6.79 Å². The highest BCUT2D eigenvalue weighted by Crippen LogP contribution is 2.32. The number of halogens is 1. The Labute approximate surface area is 187 Å². The van der Waals surface area contributed by atoms with E-state index in [0.717, 1.165) is 30.0 Å². The van der Waals surface area contributed by atoms with E-state index in [2.05, 4.69) is 15.6 Å². The molecule has 1 aromatic carbocycles. The molecular weight excluding hydrogens is 489 g/mol. The second kappa shape index (κ2) is 10.9. The Morgan fingerprint density at radius 1 is 1.21 bits per heavy atom. The van der Waals surface area contributed by atoms with E-state index in [9.17, 15) is 4.79 Å². The van der Waals surface area contributed by atoms with Crippen molar-refractivity contribution in [1.29, 1.82) is 0 Å². The molecule has 0 spiro atoms. The van der Waals surface area contributed by atoms with E-state index in [1.165, 1.54) is 7.11 Å². The number of furan rings is 1. The summed E-state index contributed by atoms with van der Waals surface area (Å²) in [7, 11) is 1.35. The lowest BCUT2D eigenvalue weighted by Gasteiger charge is -2.11. The molecular formula is C20H26IN3O5. The van der Waals surface area contributed by atoms with Crippen molar-refractivity contribution in [2.24, 2.45) is 4.99 Å². The van der Waals surface area contributed by atoms with Crippen LogP contribution in [0.3, 0.4) is 0 Å². The molecule has 29 heavy (non-hydrogen) atoms. The van der Waals surface area contributed by atoms with Crippen molar-refractivity contribution in [1.82, 2.24) is 10.6 Å². The van der Waals surface area contributed by atoms with E-state index in [1.54, 1.807) is 13.0 Å². The maximum atomic E-state index is 11.7. The molecule has 0 unspecified atom stereocenters. The number of esters is 1. The highest BCUT2D eigenvalue weighted by atomic mass is 127. The summed E-state index contributed by atoms with van der Waals surface area (Å²) in [6.45, 7) is 5.77. The van der Waals surface area contributed by atoms with Gasteiger partial charge in [-0.25, -0.2) is 9.79 Å². The van der Waals surface area contributed by atoms with Crippen LogP contribution in [-0.4, -0.2) is 38.9 Å². The third-order valence-corrected chi connectivity index (χ3v) is 4.25. The molecule has 0 saturated carbocycles. The predicted molar refractivity (Wildman–Crippen MR) is 119 cm³/mol. The van der Waals surface area contributed by atoms with E-state index in [0.29, 0.717) is 36.1 Å². The van der Waals surface area contributed by atoms with Gasteiger partial charge in [0.1, 0.15) is 23.6 Å². The Bertz CT molecular complexity index is 866. The molecule has 0 aliphatic carbocycles. The number of carbonyl (C=O) groups excluding carboxylic acids is 1. The summed E-state index contributed by atoms with van der Waals surface area (Å²) in [5.41, 5.74) is 1.57. The smallest absolute Gasteiger partial charge is 0.341 e. The number of carbonyl (C=O) groups is 1. The van der Waals surface area contributed by atoms with Gasteiger partial charge in [0.25, 0.3) is 0 Å². The number of rotatable bonds is 7. The largest absolute Gasteiger partial charge is 0.465 e. The fourth-order valence-corrected chi connectivity index (χ4v) is 2.85. The number of ether oxygens (including phenoxy) is 3. The number of aliphatic imine (C=N–C) groups is 1. The monoisotopic (exact) mass is 515 g/mol. The van der Waals surface area contributed by atoms with E-state index in [-0.39, 0.29) is 30.8 Å². The highest BCUT2D eigenvalue weighted by molar-refractivity contribution is 14.0. The maximum absolute atomic E-state index is 11.7. The molecule has 158 valence electrons. The molecule has 0 fully saturated rings. The lowest BCUT2D eigenvalue weighted by molar-refractivity contribution is 0.0599. The summed E-state index contributed by atoms with van der Waals surface area (Å²) in [5, 5.41) is 6.49. The summed E-state index contributed by atoms with van der Waals surface area (Å²) >= 11 is 0. The third kappa shape index (κ3) is 6.02. The molecule has 1 aromatic heterocycles. The molecule has 9 heteroatoms. The van der Waals surface area contributed by atoms with Crippen molar-refractivity contribution in [3.05, 3.63) is 46.9 Å². The van der Waals surface area contributed by atoms with Crippen LogP contribution in [0.2, 0.25) is 0 Å². The molecule has 1 aliphatic heterocycles. The number of hydrogen-bond acceptors (Lipinski definition) is 6. The van der Waals surface area contributed by atoms with Crippen LogP contribution in [0.5, 0.6) is 11.5 Å². The van der Waals surface area contributed by atoms with E-state index >= 15 is 0 Å². The lowest BCUT2D eigenvalue weighted by atomic mass is 10.1. The molecule has 2 N–H and O–H groups in total. The molecule has 1 aliphatic rings. The third-order valence-electron chi connectivity index (χ3n) is 4.25. The van der Waals surface area contributed by atoms with Crippen LogP contribution < -0.4 is 20.1 Å². The lowest BCUT2D eigenvalue weighted by Crippen LogP contribution is -2.38. The minimum absolute atomic E-state index is 0. The van der Waals surface area contributed by atoms with Gasteiger partial charge in [-0.05, 0) is 44.0 Å². The number of nitrogens with one attached hydrogen (secondary N) is 2. The molecule has 0 bridgehead atoms. The number of benzene rings is 1. The summed E-state index contributed by atoms with van der Waals surface area (Å²) in [5.74, 6) is 2.96. The van der Waals surface area contributed by atoms with Crippen LogP contribution in [-0.2, 0) is 17.7 Å². The average molecular weight is 515 g/mol.